The molecule has 3 heteroatoms. The minimum atomic E-state index is -3.18. The van der Waals surface area contributed by atoms with Gasteiger partial charge in [-0.3, -0.25) is 0 Å². The summed E-state index contributed by atoms with van der Waals surface area (Å²) < 4.78 is 29.8. The SMILES string of the molecule is CCOC(F)(F)/C=C/c1ccccc1. The van der Waals surface area contributed by atoms with Crippen LogP contribution in [0.4, 0.5) is 8.78 Å². The fourth-order valence-corrected chi connectivity index (χ4v) is 0.998. The largest absolute Gasteiger partial charge is 0.376 e. The van der Waals surface area contributed by atoms with E-state index in [0.29, 0.717) is 0 Å². The molecular formula is C11H12F2O. The molecule has 0 aliphatic carbocycles. The molecule has 0 heterocycles. The van der Waals surface area contributed by atoms with Gasteiger partial charge in [-0.1, -0.05) is 36.4 Å². The summed E-state index contributed by atoms with van der Waals surface area (Å²) in [6, 6.07) is 8.91. The lowest BCUT2D eigenvalue weighted by molar-refractivity contribution is -0.196. The van der Waals surface area contributed by atoms with Crippen LogP contribution in [0.2, 0.25) is 0 Å². The number of alkyl halides is 2. The molecule has 1 rings (SSSR count). The Hall–Kier alpha value is -1.22. The van der Waals surface area contributed by atoms with Gasteiger partial charge >= 0.3 is 6.11 Å². The Labute approximate surface area is 82.0 Å². The van der Waals surface area contributed by atoms with Gasteiger partial charge in [0.2, 0.25) is 0 Å². The molecular weight excluding hydrogens is 186 g/mol. The van der Waals surface area contributed by atoms with Crippen LogP contribution in [0.3, 0.4) is 0 Å². The summed E-state index contributed by atoms with van der Waals surface area (Å²) in [5.74, 6) is 0. The van der Waals surface area contributed by atoms with Gasteiger partial charge in [0.05, 0.1) is 6.61 Å². The predicted octanol–water partition coefficient (Wildman–Crippen LogP) is 3.33. The first-order valence-electron chi connectivity index (χ1n) is 4.40. The first kappa shape index (κ1) is 10.9. The van der Waals surface area contributed by atoms with Crippen molar-refractivity contribution in [2.75, 3.05) is 6.61 Å². The summed E-state index contributed by atoms with van der Waals surface area (Å²) in [6.45, 7) is 1.52. The lowest BCUT2D eigenvalue weighted by atomic mass is 10.2. The molecule has 0 aromatic heterocycles. The van der Waals surface area contributed by atoms with Gasteiger partial charge < -0.3 is 4.74 Å². The minimum absolute atomic E-state index is 0.00781. The zero-order chi connectivity index (χ0) is 10.4. The Kier molecular flexibility index (Phi) is 3.77. The smallest absolute Gasteiger partial charge is 0.317 e. The molecule has 0 bridgehead atoms. The maximum Gasteiger partial charge on any atom is 0.376 e. The monoisotopic (exact) mass is 198 g/mol. The van der Waals surface area contributed by atoms with Crippen molar-refractivity contribution in [3.05, 3.63) is 42.0 Å². The molecule has 76 valence electrons. The van der Waals surface area contributed by atoms with Crippen LogP contribution in [-0.2, 0) is 4.74 Å². The van der Waals surface area contributed by atoms with Crippen molar-refractivity contribution in [1.82, 2.24) is 0 Å². The van der Waals surface area contributed by atoms with E-state index in [4.69, 9.17) is 0 Å². The van der Waals surface area contributed by atoms with E-state index in [1.807, 2.05) is 6.07 Å². The predicted molar refractivity (Wildman–Crippen MR) is 52.0 cm³/mol. The van der Waals surface area contributed by atoms with Crippen molar-refractivity contribution in [1.29, 1.82) is 0 Å². The topological polar surface area (TPSA) is 9.23 Å². The van der Waals surface area contributed by atoms with Gasteiger partial charge in [0.1, 0.15) is 0 Å². The zero-order valence-electron chi connectivity index (χ0n) is 7.91. The summed E-state index contributed by atoms with van der Waals surface area (Å²) in [4.78, 5) is 0. The highest BCUT2D eigenvalue weighted by Crippen LogP contribution is 2.18. The third-order valence-corrected chi connectivity index (χ3v) is 1.61. The van der Waals surface area contributed by atoms with E-state index >= 15 is 0 Å². The summed E-state index contributed by atoms with van der Waals surface area (Å²) in [6.07, 6.45) is -1.08. The Balaban J connectivity index is 2.64. The normalized spacial score (nSPS) is 12.2. The highest BCUT2D eigenvalue weighted by atomic mass is 19.3. The second kappa shape index (κ2) is 4.86. The number of ether oxygens (including phenoxy) is 1. The second-order valence-corrected chi connectivity index (χ2v) is 2.74. The van der Waals surface area contributed by atoms with Crippen molar-refractivity contribution in [3.8, 4) is 0 Å². The molecule has 1 nitrogen and oxygen atoms in total. The molecule has 0 saturated carbocycles. The standard InChI is InChI=1S/C11H12F2O/c1-2-14-11(12,13)9-8-10-6-4-3-5-7-10/h3-9H,2H2,1H3/b9-8+. The lowest BCUT2D eigenvalue weighted by Gasteiger charge is -2.10. The van der Waals surface area contributed by atoms with Crippen LogP contribution in [-0.4, -0.2) is 12.7 Å². The van der Waals surface area contributed by atoms with Crippen LogP contribution in [0.25, 0.3) is 6.08 Å². The molecule has 0 atom stereocenters. The molecule has 0 spiro atoms. The summed E-state index contributed by atoms with van der Waals surface area (Å²) >= 11 is 0. The van der Waals surface area contributed by atoms with Crippen LogP contribution < -0.4 is 0 Å². The average molecular weight is 198 g/mol. The van der Waals surface area contributed by atoms with Crippen molar-refractivity contribution in [2.45, 2.75) is 13.0 Å². The molecule has 0 amide bonds. The molecule has 0 aliphatic heterocycles. The van der Waals surface area contributed by atoms with Crippen LogP contribution >= 0.6 is 0 Å². The molecule has 0 N–H and O–H groups in total. The Bertz CT molecular complexity index is 293. The van der Waals surface area contributed by atoms with E-state index in [-0.39, 0.29) is 6.61 Å². The van der Waals surface area contributed by atoms with E-state index in [1.54, 1.807) is 24.3 Å². The van der Waals surface area contributed by atoms with Gasteiger partial charge in [-0.25, -0.2) is 0 Å². The molecule has 14 heavy (non-hydrogen) atoms. The number of hydrogen-bond donors (Lipinski definition) is 0. The third-order valence-electron chi connectivity index (χ3n) is 1.61. The molecule has 0 unspecified atom stereocenters. The van der Waals surface area contributed by atoms with Crippen LogP contribution in [0.15, 0.2) is 36.4 Å². The quantitative estimate of drug-likeness (QED) is 0.721. The first-order valence-corrected chi connectivity index (χ1v) is 4.40. The van der Waals surface area contributed by atoms with Crippen molar-refractivity contribution in [3.63, 3.8) is 0 Å². The fourth-order valence-electron chi connectivity index (χ4n) is 0.998. The molecule has 0 saturated heterocycles. The van der Waals surface area contributed by atoms with Crippen LogP contribution in [0.1, 0.15) is 12.5 Å². The van der Waals surface area contributed by atoms with E-state index < -0.39 is 6.11 Å². The highest BCUT2D eigenvalue weighted by molar-refractivity contribution is 5.49. The van der Waals surface area contributed by atoms with Crippen molar-refractivity contribution in [2.24, 2.45) is 0 Å². The van der Waals surface area contributed by atoms with Crippen molar-refractivity contribution >= 4 is 6.08 Å². The number of benzene rings is 1. The fraction of sp³-hybridized carbons (Fsp3) is 0.273. The number of halogens is 2. The zero-order valence-corrected chi connectivity index (χ0v) is 7.91. The number of rotatable bonds is 4. The molecule has 0 aliphatic rings. The Morgan fingerprint density at radius 1 is 1.29 bits per heavy atom. The van der Waals surface area contributed by atoms with Gasteiger partial charge in [-0.05, 0) is 12.5 Å². The van der Waals surface area contributed by atoms with E-state index in [9.17, 15) is 8.78 Å². The van der Waals surface area contributed by atoms with Gasteiger partial charge in [-0.15, -0.1) is 0 Å². The Morgan fingerprint density at radius 3 is 2.50 bits per heavy atom. The van der Waals surface area contributed by atoms with E-state index in [2.05, 4.69) is 4.74 Å². The second-order valence-electron chi connectivity index (χ2n) is 2.74. The maximum absolute atomic E-state index is 12.8. The summed E-state index contributed by atoms with van der Waals surface area (Å²) in [5.41, 5.74) is 0.729. The highest BCUT2D eigenvalue weighted by Gasteiger charge is 2.24. The molecule has 0 radical (unpaired) electrons. The van der Waals surface area contributed by atoms with Crippen LogP contribution in [0, 0.1) is 0 Å². The molecule has 1 aromatic rings. The lowest BCUT2D eigenvalue weighted by Crippen LogP contribution is -2.16. The average Bonchev–Trinajstić information content (AvgIpc) is 2.17. The first-order chi connectivity index (χ1) is 6.64. The van der Waals surface area contributed by atoms with Gasteiger partial charge in [-0.2, -0.15) is 8.78 Å². The van der Waals surface area contributed by atoms with Crippen molar-refractivity contribution < 1.29 is 13.5 Å². The van der Waals surface area contributed by atoms with E-state index in [0.717, 1.165) is 11.6 Å². The molecule has 1 aromatic carbocycles. The van der Waals surface area contributed by atoms with Crippen LogP contribution in [0.5, 0.6) is 0 Å². The minimum Gasteiger partial charge on any atom is -0.317 e. The maximum atomic E-state index is 12.8. The number of hydrogen-bond acceptors (Lipinski definition) is 1. The summed E-state index contributed by atoms with van der Waals surface area (Å²) in [5, 5.41) is 0. The molecule has 0 fully saturated rings. The van der Waals surface area contributed by atoms with Gasteiger partial charge in [0.25, 0.3) is 0 Å². The Morgan fingerprint density at radius 2 is 1.93 bits per heavy atom. The summed E-state index contributed by atoms with van der Waals surface area (Å²) in [7, 11) is 0. The van der Waals surface area contributed by atoms with Gasteiger partial charge in [0, 0.05) is 6.08 Å². The third kappa shape index (κ3) is 3.66. The van der Waals surface area contributed by atoms with E-state index in [1.165, 1.54) is 13.0 Å². The van der Waals surface area contributed by atoms with Gasteiger partial charge in [0.15, 0.2) is 0 Å².